The third-order valence-electron chi connectivity index (χ3n) is 3.99. The maximum Gasteiger partial charge on any atom is 1.00 e. The van der Waals surface area contributed by atoms with E-state index in [4.69, 9.17) is 11.6 Å². The van der Waals surface area contributed by atoms with Gasteiger partial charge in [-0.05, 0) is 57.3 Å². The summed E-state index contributed by atoms with van der Waals surface area (Å²) in [5.74, 6) is 0. The maximum absolute atomic E-state index is 11.6. The minimum absolute atomic E-state index is 0. The van der Waals surface area contributed by atoms with Crippen molar-refractivity contribution in [3.05, 3.63) is 65.7 Å². The standard InChI is InChI=1S/C18H11ClO3S.Na/c19-17-6-5-13-9-14-7-11-3-1-2-4-12(11)8-15(14)10-16(13)18(17)23(20,21)22;/h1-10H,(H,20,21,22);/q;+1/p-1. The zero-order valence-corrected chi connectivity index (χ0v) is 16.4. The van der Waals surface area contributed by atoms with Crippen molar-refractivity contribution >= 4 is 54.0 Å². The fourth-order valence-electron chi connectivity index (χ4n) is 2.97. The molecule has 0 amide bonds. The maximum atomic E-state index is 11.6. The minimum atomic E-state index is -4.65. The van der Waals surface area contributed by atoms with Crippen LogP contribution in [-0.4, -0.2) is 13.0 Å². The first-order chi connectivity index (χ1) is 10.9. The molecule has 3 nitrogen and oxygen atoms in total. The molecule has 0 aromatic heterocycles. The first kappa shape index (κ1) is 17.7. The van der Waals surface area contributed by atoms with Gasteiger partial charge in [-0.3, -0.25) is 0 Å². The first-order valence-electron chi connectivity index (χ1n) is 6.94. The van der Waals surface area contributed by atoms with E-state index in [1.807, 2.05) is 42.5 Å². The Morgan fingerprint density at radius 1 is 0.750 bits per heavy atom. The predicted molar refractivity (Wildman–Crippen MR) is 91.9 cm³/mol. The molecule has 0 atom stereocenters. The molecule has 24 heavy (non-hydrogen) atoms. The molecule has 0 heterocycles. The fourth-order valence-corrected chi connectivity index (χ4v) is 4.17. The predicted octanol–water partition coefficient (Wildman–Crippen LogP) is 1.71. The van der Waals surface area contributed by atoms with Crippen LogP contribution in [0.2, 0.25) is 5.02 Å². The molecule has 114 valence electrons. The van der Waals surface area contributed by atoms with Crippen LogP contribution in [0.3, 0.4) is 0 Å². The number of rotatable bonds is 1. The van der Waals surface area contributed by atoms with E-state index < -0.39 is 10.1 Å². The Kier molecular flexibility index (Phi) is 4.64. The molecule has 0 unspecified atom stereocenters. The molecule has 0 aliphatic heterocycles. The molecule has 0 saturated heterocycles. The summed E-state index contributed by atoms with van der Waals surface area (Å²) in [4.78, 5) is -0.355. The van der Waals surface area contributed by atoms with Gasteiger partial charge in [0.1, 0.15) is 10.1 Å². The van der Waals surface area contributed by atoms with E-state index >= 15 is 0 Å². The summed E-state index contributed by atoms with van der Waals surface area (Å²) in [5, 5.41) is 4.98. The van der Waals surface area contributed by atoms with Gasteiger partial charge in [0, 0.05) is 5.39 Å². The molecule has 0 spiro atoms. The molecule has 0 aliphatic carbocycles. The molecule has 0 N–H and O–H groups in total. The largest absolute Gasteiger partial charge is 1.00 e. The van der Waals surface area contributed by atoms with Crippen LogP contribution in [0.15, 0.2) is 65.6 Å². The van der Waals surface area contributed by atoms with Crippen LogP contribution in [0, 0.1) is 0 Å². The molecule has 0 saturated carbocycles. The van der Waals surface area contributed by atoms with E-state index in [2.05, 4.69) is 0 Å². The number of benzene rings is 4. The van der Waals surface area contributed by atoms with E-state index in [0.29, 0.717) is 10.8 Å². The van der Waals surface area contributed by atoms with Gasteiger partial charge in [-0.2, -0.15) is 0 Å². The summed E-state index contributed by atoms with van der Waals surface area (Å²) >= 11 is 5.95. The summed E-state index contributed by atoms with van der Waals surface area (Å²) in [6.07, 6.45) is 0. The second-order valence-corrected chi connectivity index (χ2v) is 7.17. The topological polar surface area (TPSA) is 57.2 Å². The van der Waals surface area contributed by atoms with Gasteiger partial charge in [-0.25, -0.2) is 8.42 Å². The molecular weight excluding hydrogens is 355 g/mol. The molecule has 0 bridgehead atoms. The van der Waals surface area contributed by atoms with Crippen LogP contribution >= 0.6 is 11.6 Å². The van der Waals surface area contributed by atoms with Gasteiger partial charge in [-0.1, -0.05) is 41.9 Å². The molecule has 4 aromatic carbocycles. The Morgan fingerprint density at radius 2 is 1.29 bits per heavy atom. The van der Waals surface area contributed by atoms with Gasteiger partial charge >= 0.3 is 29.6 Å². The number of halogens is 1. The number of hydrogen-bond acceptors (Lipinski definition) is 3. The monoisotopic (exact) mass is 364 g/mol. The van der Waals surface area contributed by atoms with E-state index in [0.717, 1.165) is 21.5 Å². The zero-order chi connectivity index (χ0) is 16.2. The Morgan fingerprint density at radius 3 is 1.88 bits per heavy atom. The summed E-state index contributed by atoms with van der Waals surface area (Å²) in [6.45, 7) is 0. The van der Waals surface area contributed by atoms with Crippen molar-refractivity contribution in [3.63, 3.8) is 0 Å². The van der Waals surface area contributed by atoms with Gasteiger partial charge < -0.3 is 4.55 Å². The van der Waals surface area contributed by atoms with Gasteiger partial charge in [-0.15, -0.1) is 0 Å². The van der Waals surface area contributed by atoms with Crippen LogP contribution in [0.4, 0.5) is 0 Å². The quantitative estimate of drug-likeness (QED) is 0.293. The van der Waals surface area contributed by atoms with E-state index in [1.165, 1.54) is 6.07 Å². The molecular formula is C18H10ClNaO3S. The van der Waals surface area contributed by atoms with Crippen molar-refractivity contribution in [3.8, 4) is 0 Å². The SMILES string of the molecule is O=S(=O)([O-])c1c(Cl)ccc2cc3cc4ccccc4cc3cc12.[Na+]. The van der Waals surface area contributed by atoms with Crippen LogP contribution in [0.5, 0.6) is 0 Å². The first-order valence-corrected chi connectivity index (χ1v) is 8.73. The molecule has 4 rings (SSSR count). The summed E-state index contributed by atoms with van der Waals surface area (Å²) in [5.41, 5.74) is 0. The van der Waals surface area contributed by atoms with E-state index in [9.17, 15) is 13.0 Å². The molecule has 6 heteroatoms. The van der Waals surface area contributed by atoms with Gasteiger partial charge in [0.05, 0.1) is 9.92 Å². The number of hydrogen-bond donors (Lipinski definition) is 0. The molecule has 4 aromatic rings. The second kappa shape index (κ2) is 6.30. The molecule has 0 radical (unpaired) electrons. The molecule has 0 aliphatic rings. The summed E-state index contributed by atoms with van der Waals surface area (Å²) in [6, 6.07) is 18.7. The van der Waals surface area contributed by atoms with E-state index in [-0.39, 0.29) is 39.5 Å². The fraction of sp³-hybridized carbons (Fsp3) is 0. The van der Waals surface area contributed by atoms with Crippen molar-refractivity contribution < 1.29 is 42.5 Å². The van der Waals surface area contributed by atoms with Gasteiger partial charge in [0.25, 0.3) is 0 Å². The van der Waals surface area contributed by atoms with Gasteiger partial charge in [0.15, 0.2) is 0 Å². The van der Waals surface area contributed by atoms with Crippen LogP contribution in [0.25, 0.3) is 32.3 Å². The minimum Gasteiger partial charge on any atom is -0.744 e. The Bertz CT molecular complexity index is 1200. The van der Waals surface area contributed by atoms with Crippen LogP contribution in [-0.2, 0) is 10.1 Å². The smallest absolute Gasteiger partial charge is 0.744 e. The zero-order valence-electron chi connectivity index (χ0n) is 12.8. The Hall–Kier alpha value is -1.14. The van der Waals surface area contributed by atoms with Gasteiger partial charge in [0.2, 0.25) is 0 Å². The third-order valence-corrected chi connectivity index (χ3v) is 5.36. The Balaban J connectivity index is 0.00000169. The van der Waals surface area contributed by atoms with Crippen molar-refractivity contribution in [1.82, 2.24) is 0 Å². The van der Waals surface area contributed by atoms with Crippen LogP contribution < -0.4 is 29.6 Å². The summed E-state index contributed by atoms with van der Waals surface area (Å²) in [7, 11) is -4.65. The normalized spacial score (nSPS) is 11.8. The van der Waals surface area contributed by atoms with Crippen LogP contribution in [0.1, 0.15) is 0 Å². The van der Waals surface area contributed by atoms with Crippen molar-refractivity contribution in [2.24, 2.45) is 0 Å². The van der Waals surface area contributed by atoms with Crippen molar-refractivity contribution in [2.45, 2.75) is 4.90 Å². The third kappa shape index (κ3) is 2.94. The van der Waals surface area contributed by atoms with Crippen molar-refractivity contribution in [1.29, 1.82) is 0 Å². The average molecular weight is 365 g/mol. The number of fused-ring (bicyclic) bond motifs is 3. The van der Waals surface area contributed by atoms with E-state index in [1.54, 1.807) is 12.1 Å². The second-order valence-electron chi connectivity index (χ2n) is 5.45. The Labute approximate surface area is 166 Å². The van der Waals surface area contributed by atoms with Crippen molar-refractivity contribution in [2.75, 3.05) is 0 Å². The molecule has 0 fully saturated rings. The summed E-state index contributed by atoms with van der Waals surface area (Å²) < 4.78 is 34.7. The average Bonchev–Trinajstić information content (AvgIpc) is 2.49.